The normalized spacial score (nSPS) is 10.3. The number of hydrogen-bond acceptors (Lipinski definition) is 2. The Kier molecular flexibility index (Phi) is 2.74. The number of hydrogen-bond donors (Lipinski definition) is 2. The SMILES string of the molecule is COc1ccccc1-c1c[nH]cc1CN. The first-order chi connectivity index (χ1) is 7.36. The zero-order valence-electron chi connectivity index (χ0n) is 8.66. The van der Waals surface area contributed by atoms with Crippen LogP contribution in [-0.4, -0.2) is 12.1 Å². The standard InChI is InChI=1S/C12H14N2O/c1-15-12-5-3-2-4-10(12)11-8-14-7-9(11)6-13/h2-5,7-8,14H,6,13H2,1H3. The molecule has 0 bridgehead atoms. The highest BCUT2D eigenvalue weighted by Gasteiger charge is 2.09. The van der Waals surface area contributed by atoms with Crippen LogP contribution in [0.2, 0.25) is 0 Å². The van der Waals surface area contributed by atoms with Crippen molar-refractivity contribution in [2.75, 3.05) is 7.11 Å². The smallest absolute Gasteiger partial charge is 0.126 e. The molecule has 0 saturated carbocycles. The van der Waals surface area contributed by atoms with Crippen LogP contribution in [0.15, 0.2) is 36.7 Å². The van der Waals surface area contributed by atoms with E-state index in [0.29, 0.717) is 6.54 Å². The predicted molar refractivity (Wildman–Crippen MR) is 60.7 cm³/mol. The minimum Gasteiger partial charge on any atom is -0.496 e. The van der Waals surface area contributed by atoms with E-state index in [-0.39, 0.29) is 0 Å². The van der Waals surface area contributed by atoms with Crippen molar-refractivity contribution in [3.63, 3.8) is 0 Å². The molecule has 0 aliphatic carbocycles. The maximum Gasteiger partial charge on any atom is 0.126 e. The van der Waals surface area contributed by atoms with Gasteiger partial charge >= 0.3 is 0 Å². The lowest BCUT2D eigenvalue weighted by molar-refractivity contribution is 0.416. The number of aromatic nitrogens is 1. The summed E-state index contributed by atoms with van der Waals surface area (Å²) in [4.78, 5) is 3.06. The van der Waals surface area contributed by atoms with Crippen LogP contribution in [0.25, 0.3) is 11.1 Å². The average molecular weight is 202 g/mol. The third-order valence-corrected chi connectivity index (χ3v) is 2.45. The van der Waals surface area contributed by atoms with E-state index >= 15 is 0 Å². The number of ether oxygens (including phenoxy) is 1. The summed E-state index contributed by atoms with van der Waals surface area (Å²) in [5, 5.41) is 0. The molecule has 3 heteroatoms. The first-order valence-corrected chi connectivity index (χ1v) is 4.86. The molecular formula is C12H14N2O. The average Bonchev–Trinajstić information content (AvgIpc) is 2.76. The van der Waals surface area contributed by atoms with Gasteiger partial charge in [0, 0.05) is 30.1 Å². The fraction of sp³-hybridized carbons (Fsp3) is 0.167. The Labute approximate surface area is 88.9 Å². The lowest BCUT2D eigenvalue weighted by atomic mass is 10.0. The molecule has 0 fully saturated rings. The molecule has 1 aromatic heterocycles. The Balaban J connectivity index is 2.53. The van der Waals surface area contributed by atoms with Crippen LogP contribution in [-0.2, 0) is 6.54 Å². The quantitative estimate of drug-likeness (QED) is 0.801. The molecule has 0 saturated heterocycles. The van der Waals surface area contributed by atoms with Gasteiger partial charge in [0.1, 0.15) is 5.75 Å². The number of rotatable bonds is 3. The molecule has 2 rings (SSSR count). The van der Waals surface area contributed by atoms with E-state index in [1.165, 1.54) is 0 Å². The fourth-order valence-electron chi connectivity index (χ4n) is 1.68. The predicted octanol–water partition coefficient (Wildman–Crippen LogP) is 2.15. The Morgan fingerprint density at radius 1 is 1.20 bits per heavy atom. The van der Waals surface area contributed by atoms with Crippen molar-refractivity contribution in [2.45, 2.75) is 6.54 Å². The second kappa shape index (κ2) is 4.19. The zero-order chi connectivity index (χ0) is 10.7. The Hall–Kier alpha value is -1.74. The van der Waals surface area contributed by atoms with Crippen LogP contribution in [0.3, 0.4) is 0 Å². The summed E-state index contributed by atoms with van der Waals surface area (Å²) in [6.07, 6.45) is 3.86. The molecule has 0 radical (unpaired) electrons. The van der Waals surface area contributed by atoms with Gasteiger partial charge in [-0.05, 0) is 11.6 Å². The van der Waals surface area contributed by atoms with Gasteiger partial charge in [0.2, 0.25) is 0 Å². The van der Waals surface area contributed by atoms with Crippen molar-refractivity contribution in [3.8, 4) is 16.9 Å². The van der Waals surface area contributed by atoms with Gasteiger partial charge < -0.3 is 15.5 Å². The third kappa shape index (κ3) is 1.74. The van der Waals surface area contributed by atoms with Gasteiger partial charge in [0.25, 0.3) is 0 Å². The number of para-hydroxylation sites is 1. The minimum atomic E-state index is 0.525. The summed E-state index contributed by atoms with van der Waals surface area (Å²) in [5.41, 5.74) is 8.94. The lowest BCUT2D eigenvalue weighted by Crippen LogP contribution is -1.96. The highest BCUT2D eigenvalue weighted by Crippen LogP contribution is 2.31. The van der Waals surface area contributed by atoms with E-state index in [0.717, 1.165) is 22.4 Å². The Morgan fingerprint density at radius 3 is 2.73 bits per heavy atom. The maximum absolute atomic E-state index is 5.66. The first kappa shape index (κ1) is 9.80. The van der Waals surface area contributed by atoms with Crippen LogP contribution >= 0.6 is 0 Å². The van der Waals surface area contributed by atoms with Gasteiger partial charge in [-0.2, -0.15) is 0 Å². The van der Waals surface area contributed by atoms with Gasteiger partial charge in [-0.1, -0.05) is 18.2 Å². The number of aromatic amines is 1. The van der Waals surface area contributed by atoms with Crippen molar-refractivity contribution in [1.29, 1.82) is 0 Å². The van der Waals surface area contributed by atoms with E-state index < -0.39 is 0 Å². The van der Waals surface area contributed by atoms with E-state index in [1.807, 2.05) is 36.7 Å². The van der Waals surface area contributed by atoms with Crippen molar-refractivity contribution in [3.05, 3.63) is 42.2 Å². The minimum absolute atomic E-state index is 0.525. The van der Waals surface area contributed by atoms with Crippen LogP contribution in [0.5, 0.6) is 5.75 Å². The highest BCUT2D eigenvalue weighted by atomic mass is 16.5. The number of methoxy groups -OCH3 is 1. The van der Waals surface area contributed by atoms with E-state index in [9.17, 15) is 0 Å². The van der Waals surface area contributed by atoms with Crippen LogP contribution < -0.4 is 10.5 Å². The second-order valence-electron chi connectivity index (χ2n) is 3.30. The van der Waals surface area contributed by atoms with Crippen molar-refractivity contribution in [2.24, 2.45) is 5.73 Å². The van der Waals surface area contributed by atoms with E-state index in [1.54, 1.807) is 7.11 Å². The fourth-order valence-corrected chi connectivity index (χ4v) is 1.68. The number of nitrogens with one attached hydrogen (secondary N) is 1. The molecular weight excluding hydrogens is 188 g/mol. The Bertz CT molecular complexity index is 448. The highest BCUT2D eigenvalue weighted by molar-refractivity contribution is 5.72. The zero-order valence-corrected chi connectivity index (χ0v) is 8.66. The summed E-state index contributed by atoms with van der Waals surface area (Å²) < 4.78 is 5.31. The van der Waals surface area contributed by atoms with Crippen molar-refractivity contribution < 1.29 is 4.74 Å². The summed E-state index contributed by atoms with van der Waals surface area (Å²) >= 11 is 0. The molecule has 3 N–H and O–H groups in total. The summed E-state index contributed by atoms with van der Waals surface area (Å²) in [6.45, 7) is 0.525. The number of nitrogens with two attached hydrogens (primary N) is 1. The van der Waals surface area contributed by atoms with E-state index in [4.69, 9.17) is 10.5 Å². The van der Waals surface area contributed by atoms with Crippen LogP contribution in [0.4, 0.5) is 0 Å². The summed E-state index contributed by atoms with van der Waals surface area (Å²) in [7, 11) is 1.67. The van der Waals surface area contributed by atoms with Gasteiger partial charge in [-0.3, -0.25) is 0 Å². The third-order valence-electron chi connectivity index (χ3n) is 2.45. The number of H-pyrrole nitrogens is 1. The lowest BCUT2D eigenvalue weighted by Gasteiger charge is -2.07. The molecule has 3 nitrogen and oxygen atoms in total. The molecule has 2 aromatic rings. The maximum atomic E-state index is 5.66. The molecule has 0 spiro atoms. The summed E-state index contributed by atoms with van der Waals surface area (Å²) in [5.74, 6) is 0.867. The molecule has 0 amide bonds. The summed E-state index contributed by atoms with van der Waals surface area (Å²) in [6, 6.07) is 7.92. The van der Waals surface area contributed by atoms with E-state index in [2.05, 4.69) is 4.98 Å². The molecule has 78 valence electrons. The van der Waals surface area contributed by atoms with Crippen LogP contribution in [0, 0.1) is 0 Å². The largest absolute Gasteiger partial charge is 0.496 e. The van der Waals surface area contributed by atoms with Gasteiger partial charge in [0.05, 0.1) is 7.11 Å². The van der Waals surface area contributed by atoms with Crippen molar-refractivity contribution in [1.82, 2.24) is 4.98 Å². The van der Waals surface area contributed by atoms with Gasteiger partial charge in [-0.25, -0.2) is 0 Å². The van der Waals surface area contributed by atoms with Gasteiger partial charge in [-0.15, -0.1) is 0 Å². The molecule has 15 heavy (non-hydrogen) atoms. The Morgan fingerprint density at radius 2 is 2.00 bits per heavy atom. The monoisotopic (exact) mass is 202 g/mol. The second-order valence-corrected chi connectivity index (χ2v) is 3.30. The molecule has 0 unspecified atom stereocenters. The number of benzene rings is 1. The van der Waals surface area contributed by atoms with Crippen LogP contribution in [0.1, 0.15) is 5.56 Å². The topological polar surface area (TPSA) is 51.0 Å². The van der Waals surface area contributed by atoms with Crippen molar-refractivity contribution >= 4 is 0 Å². The molecule has 0 atom stereocenters. The van der Waals surface area contributed by atoms with Gasteiger partial charge in [0.15, 0.2) is 0 Å². The molecule has 1 aromatic carbocycles. The molecule has 1 heterocycles. The first-order valence-electron chi connectivity index (χ1n) is 4.86. The molecule has 0 aliphatic rings. The molecule has 0 aliphatic heterocycles.